The fourth-order valence-corrected chi connectivity index (χ4v) is 2.84. The van der Waals surface area contributed by atoms with Gasteiger partial charge in [0.15, 0.2) is 5.96 Å². The Morgan fingerprint density at radius 1 is 1.29 bits per heavy atom. The molecule has 0 aliphatic carbocycles. The standard InChI is InChI=1S/C17H29N5O2/c1-4-13(2)19-17(18-11-16(24)21-8-5-6-9-21)22-10-7-15(12-22)20-14(3)23/h5-6,13,15H,4,7-12H2,1-3H3,(H,18,19)(H,20,23). The van der Waals surface area contributed by atoms with Crippen LogP contribution in [0.2, 0.25) is 0 Å². The molecule has 0 radical (unpaired) electrons. The average molecular weight is 335 g/mol. The summed E-state index contributed by atoms with van der Waals surface area (Å²) in [7, 11) is 0. The van der Waals surface area contributed by atoms with E-state index in [1.54, 1.807) is 4.90 Å². The number of likely N-dealkylation sites (tertiary alicyclic amines) is 1. The predicted molar refractivity (Wildman–Crippen MR) is 94.7 cm³/mol. The van der Waals surface area contributed by atoms with Gasteiger partial charge in [-0.2, -0.15) is 0 Å². The van der Waals surface area contributed by atoms with Gasteiger partial charge in [0.25, 0.3) is 0 Å². The predicted octanol–water partition coefficient (Wildman–Crippen LogP) is 0.339. The van der Waals surface area contributed by atoms with Crippen molar-refractivity contribution in [3.05, 3.63) is 12.2 Å². The van der Waals surface area contributed by atoms with Gasteiger partial charge in [0.1, 0.15) is 6.54 Å². The molecule has 2 atom stereocenters. The van der Waals surface area contributed by atoms with Crippen molar-refractivity contribution in [3.8, 4) is 0 Å². The van der Waals surface area contributed by atoms with Crippen molar-refractivity contribution in [2.45, 2.75) is 45.7 Å². The molecule has 2 amide bonds. The monoisotopic (exact) mass is 335 g/mol. The van der Waals surface area contributed by atoms with Crippen LogP contribution in [0.5, 0.6) is 0 Å². The normalized spacial score (nSPS) is 22.0. The first kappa shape index (κ1) is 18.3. The zero-order valence-corrected chi connectivity index (χ0v) is 14.9. The zero-order chi connectivity index (χ0) is 17.5. The number of nitrogens with zero attached hydrogens (tertiary/aromatic N) is 3. The van der Waals surface area contributed by atoms with Gasteiger partial charge in [-0.3, -0.25) is 9.59 Å². The summed E-state index contributed by atoms with van der Waals surface area (Å²) >= 11 is 0. The van der Waals surface area contributed by atoms with Crippen molar-refractivity contribution in [1.82, 2.24) is 20.4 Å². The minimum absolute atomic E-state index is 0.00747. The largest absolute Gasteiger partial charge is 0.354 e. The number of hydrogen-bond acceptors (Lipinski definition) is 3. The summed E-state index contributed by atoms with van der Waals surface area (Å²) < 4.78 is 0. The van der Waals surface area contributed by atoms with Crippen LogP contribution in [0.25, 0.3) is 0 Å². The van der Waals surface area contributed by atoms with Crippen LogP contribution in [0, 0.1) is 0 Å². The van der Waals surface area contributed by atoms with Crippen LogP contribution in [0.3, 0.4) is 0 Å². The number of rotatable bonds is 5. The molecule has 1 fully saturated rings. The second-order valence-electron chi connectivity index (χ2n) is 6.50. The minimum Gasteiger partial charge on any atom is -0.354 e. The lowest BCUT2D eigenvalue weighted by atomic mass is 10.2. The van der Waals surface area contributed by atoms with E-state index in [9.17, 15) is 9.59 Å². The second-order valence-corrected chi connectivity index (χ2v) is 6.50. The van der Waals surface area contributed by atoms with Crippen molar-refractivity contribution in [2.75, 3.05) is 32.7 Å². The molecule has 0 aromatic rings. The Balaban J connectivity index is 1.97. The van der Waals surface area contributed by atoms with Crippen molar-refractivity contribution < 1.29 is 9.59 Å². The maximum Gasteiger partial charge on any atom is 0.244 e. The SMILES string of the molecule is CCC(C)NC(=NCC(=O)N1CC=CC1)N1CCC(NC(C)=O)C1. The van der Waals surface area contributed by atoms with Crippen molar-refractivity contribution in [2.24, 2.45) is 4.99 Å². The van der Waals surface area contributed by atoms with Crippen LogP contribution in [0.15, 0.2) is 17.1 Å². The maximum atomic E-state index is 12.2. The lowest BCUT2D eigenvalue weighted by Gasteiger charge is -2.25. The van der Waals surface area contributed by atoms with Crippen LogP contribution < -0.4 is 10.6 Å². The second kappa shape index (κ2) is 8.70. The number of hydrogen-bond donors (Lipinski definition) is 2. The van der Waals surface area contributed by atoms with E-state index in [0.717, 1.165) is 31.9 Å². The van der Waals surface area contributed by atoms with Gasteiger partial charge in [-0.1, -0.05) is 19.1 Å². The minimum atomic E-state index is -0.00747. The van der Waals surface area contributed by atoms with Gasteiger partial charge < -0.3 is 20.4 Å². The molecular weight excluding hydrogens is 306 g/mol. The molecule has 134 valence electrons. The van der Waals surface area contributed by atoms with Crippen LogP contribution in [-0.4, -0.2) is 72.4 Å². The Hall–Kier alpha value is -2.05. The van der Waals surface area contributed by atoms with E-state index in [-0.39, 0.29) is 30.4 Å². The molecule has 2 heterocycles. The van der Waals surface area contributed by atoms with Gasteiger partial charge in [0.05, 0.1) is 0 Å². The Labute approximate surface area is 144 Å². The van der Waals surface area contributed by atoms with Gasteiger partial charge >= 0.3 is 0 Å². The molecule has 24 heavy (non-hydrogen) atoms. The molecule has 7 heteroatoms. The van der Waals surface area contributed by atoms with Gasteiger partial charge in [0, 0.05) is 45.2 Å². The summed E-state index contributed by atoms with van der Waals surface area (Å²) in [5.41, 5.74) is 0. The highest BCUT2D eigenvalue weighted by Crippen LogP contribution is 2.10. The first-order valence-electron chi connectivity index (χ1n) is 8.75. The molecule has 0 aromatic heterocycles. The van der Waals surface area contributed by atoms with Gasteiger partial charge in [-0.15, -0.1) is 0 Å². The molecule has 1 saturated heterocycles. The molecule has 2 aliphatic rings. The maximum absolute atomic E-state index is 12.2. The molecular formula is C17H29N5O2. The quantitative estimate of drug-likeness (QED) is 0.431. The molecule has 2 rings (SSSR count). The Kier molecular flexibility index (Phi) is 6.63. The smallest absolute Gasteiger partial charge is 0.244 e. The van der Waals surface area contributed by atoms with E-state index in [2.05, 4.69) is 34.4 Å². The van der Waals surface area contributed by atoms with Crippen LogP contribution in [0.4, 0.5) is 0 Å². The van der Waals surface area contributed by atoms with Crippen LogP contribution in [0.1, 0.15) is 33.6 Å². The molecule has 2 aliphatic heterocycles. The molecule has 2 N–H and O–H groups in total. The number of carbonyl (C=O) groups excluding carboxylic acids is 2. The van der Waals surface area contributed by atoms with E-state index in [4.69, 9.17) is 0 Å². The van der Waals surface area contributed by atoms with Crippen molar-refractivity contribution >= 4 is 17.8 Å². The summed E-state index contributed by atoms with van der Waals surface area (Å²) in [6.45, 7) is 8.81. The third kappa shape index (κ3) is 5.25. The van der Waals surface area contributed by atoms with Gasteiger partial charge in [-0.05, 0) is 19.8 Å². The fourth-order valence-electron chi connectivity index (χ4n) is 2.84. The third-order valence-electron chi connectivity index (χ3n) is 4.42. The highest BCUT2D eigenvalue weighted by Gasteiger charge is 2.26. The van der Waals surface area contributed by atoms with E-state index in [0.29, 0.717) is 13.1 Å². The number of amides is 2. The highest BCUT2D eigenvalue weighted by atomic mass is 16.2. The lowest BCUT2D eigenvalue weighted by molar-refractivity contribution is -0.128. The van der Waals surface area contributed by atoms with E-state index in [1.807, 2.05) is 12.2 Å². The number of aliphatic imine (C=N–C) groups is 1. The van der Waals surface area contributed by atoms with E-state index in [1.165, 1.54) is 6.92 Å². The lowest BCUT2D eigenvalue weighted by Crippen LogP contribution is -2.46. The number of guanidine groups is 1. The summed E-state index contributed by atoms with van der Waals surface area (Å²) in [5, 5.41) is 6.36. The van der Waals surface area contributed by atoms with E-state index >= 15 is 0 Å². The molecule has 0 spiro atoms. The first-order chi connectivity index (χ1) is 11.5. The highest BCUT2D eigenvalue weighted by molar-refractivity contribution is 5.85. The third-order valence-corrected chi connectivity index (χ3v) is 4.42. The van der Waals surface area contributed by atoms with Gasteiger partial charge in [-0.25, -0.2) is 4.99 Å². The van der Waals surface area contributed by atoms with Crippen LogP contribution in [-0.2, 0) is 9.59 Å². The Bertz CT molecular complexity index is 509. The molecule has 0 bridgehead atoms. The summed E-state index contributed by atoms with van der Waals surface area (Å²) in [5.74, 6) is 0.797. The van der Waals surface area contributed by atoms with E-state index < -0.39 is 0 Å². The summed E-state index contributed by atoms with van der Waals surface area (Å²) in [6.07, 6.45) is 5.87. The molecule has 2 unspecified atom stereocenters. The first-order valence-corrected chi connectivity index (χ1v) is 8.75. The zero-order valence-electron chi connectivity index (χ0n) is 14.9. The van der Waals surface area contributed by atoms with Crippen LogP contribution >= 0.6 is 0 Å². The molecule has 7 nitrogen and oxygen atoms in total. The molecule has 0 aromatic carbocycles. The fraction of sp³-hybridized carbons (Fsp3) is 0.706. The number of carbonyl (C=O) groups is 2. The molecule has 0 saturated carbocycles. The number of nitrogens with one attached hydrogen (secondary N) is 2. The Morgan fingerprint density at radius 2 is 2.00 bits per heavy atom. The summed E-state index contributed by atoms with van der Waals surface area (Å²) in [6, 6.07) is 0.428. The van der Waals surface area contributed by atoms with Crippen molar-refractivity contribution in [1.29, 1.82) is 0 Å². The Morgan fingerprint density at radius 3 is 2.62 bits per heavy atom. The topological polar surface area (TPSA) is 77.0 Å². The summed E-state index contributed by atoms with van der Waals surface area (Å²) in [4.78, 5) is 31.9. The van der Waals surface area contributed by atoms with Gasteiger partial charge in [0.2, 0.25) is 11.8 Å². The van der Waals surface area contributed by atoms with Crippen molar-refractivity contribution in [3.63, 3.8) is 0 Å². The average Bonchev–Trinajstić information content (AvgIpc) is 3.21.